The van der Waals surface area contributed by atoms with Gasteiger partial charge in [-0.1, -0.05) is 170 Å². The zero-order valence-electron chi connectivity index (χ0n) is 42.8. The summed E-state index contributed by atoms with van der Waals surface area (Å²) < 4.78 is 7.11. The highest BCUT2D eigenvalue weighted by Gasteiger charge is 2.24. The Kier molecular flexibility index (Phi) is 14.2. The van der Waals surface area contributed by atoms with Crippen LogP contribution in [0.15, 0.2) is 328 Å². The number of aromatic nitrogens is 1. The summed E-state index contributed by atoms with van der Waals surface area (Å²) >= 11 is 0. The maximum Gasteiger partial charge on any atom is 0.221 e. The van der Waals surface area contributed by atoms with Gasteiger partial charge in [-0.3, -0.25) is 4.90 Å². The Balaban J connectivity index is 1.04. The molecule has 0 unspecified atom stereocenters. The Bertz CT molecular complexity index is 3460. The molecule has 7 nitrogen and oxygen atoms in total. The molecule has 0 N–H and O–H groups in total. The van der Waals surface area contributed by atoms with E-state index < -0.39 is 0 Å². The average Bonchev–Trinajstić information content (AvgIpc) is 3.56. The van der Waals surface area contributed by atoms with Crippen LogP contribution in [-0.2, 0) is 0 Å². The smallest absolute Gasteiger partial charge is 0.221 e. The second-order valence-electron chi connectivity index (χ2n) is 18.5. The van der Waals surface area contributed by atoms with E-state index in [1.54, 1.807) is 0 Å². The zero-order valence-corrected chi connectivity index (χ0v) is 42.8. The third kappa shape index (κ3) is 10.7. The van der Waals surface area contributed by atoms with Crippen molar-refractivity contribution in [3.63, 3.8) is 0 Å². The summed E-state index contributed by atoms with van der Waals surface area (Å²) in [5.41, 5.74) is 13.7. The number of nitrogens with zero attached hydrogens (tertiary/aromatic N) is 6. The van der Waals surface area contributed by atoms with Crippen molar-refractivity contribution in [2.75, 3.05) is 24.5 Å². The van der Waals surface area contributed by atoms with E-state index in [4.69, 9.17) is 9.72 Å². The number of ether oxygens (including phenoxy) is 1. The number of hydrogen-bond donors (Lipinski definition) is 0. The molecule has 7 heteroatoms. The number of hydrogen-bond acceptors (Lipinski definition) is 7. The van der Waals surface area contributed by atoms with Gasteiger partial charge in [-0.05, 0) is 140 Å². The molecule has 0 saturated heterocycles. The molecule has 374 valence electrons. The first-order valence-corrected chi connectivity index (χ1v) is 26.1. The standard InChI is InChI=1S/C71H54N6O/c1-10-29-55(30-11-1)73(56-31-12-2-13-32-56)64-49-65(74(57-33-14-3-15-34-57)58-35-16-4-17-36-58)51-66(50-64)77(63-45-26-9-27-46-63)70-47-28-48-71(72-70)78-69-53-67(75(59-37-18-5-19-38-59)60-39-20-6-21-40-60)52-68(54-69)76(61-41-22-7-23-42-61)62-43-24-8-25-44-62/h1-54H. The van der Waals surface area contributed by atoms with Crippen molar-refractivity contribution in [3.05, 3.63) is 328 Å². The summed E-state index contributed by atoms with van der Waals surface area (Å²) in [6.45, 7) is 0. The summed E-state index contributed by atoms with van der Waals surface area (Å²) in [6.07, 6.45) is 0. The number of anilines is 15. The molecule has 12 aromatic rings. The molecule has 0 spiro atoms. The molecule has 12 rings (SSSR count). The molecule has 0 bridgehead atoms. The summed E-state index contributed by atoms with van der Waals surface area (Å²) in [4.78, 5) is 16.8. The second-order valence-corrected chi connectivity index (χ2v) is 18.5. The predicted octanol–water partition coefficient (Wildman–Crippen LogP) is 20.2. The fourth-order valence-corrected chi connectivity index (χ4v) is 9.95. The number of rotatable bonds is 17. The van der Waals surface area contributed by atoms with Crippen LogP contribution in [0.1, 0.15) is 0 Å². The molecule has 78 heavy (non-hydrogen) atoms. The van der Waals surface area contributed by atoms with Gasteiger partial charge < -0.3 is 24.3 Å². The minimum atomic E-state index is 0.426. The highest BCUT2D eigenvalue weighted by molar-refractivity contribution is 5.89. The van der Waals surface area contributed by atoms with E-state index in [9.17, 15) is 0 Å². The molecule has 0 aliphatic heterocycles. The van der Waals surface area contributed by atoms with Crippen molar-refractivity contribution in [2.24, 2.45) is 0 Å². The van der Waals surface area contributed by atoms with Gasteiger partial charge in [0.1, 0.15) is 11.6 Å². The normalized spacial score (nSPS) is 10.8. The molecule has 0 amide bonds. The van der Waals surface area contributed by atoms with E-state index in [1.807, 2.05) is 48.5 Å². The minimum absolute atomic E-state index is 0.426. The van der Waals surface area contributed by atoms with Crippen molar-refractivity contribution in [2.45, 2.75) is 0 Å². The van der Waals surface area contributed by atoms with Gasteiger partial charge in [0.15, 0.2) is 0 Å². The highest BCUT2D eigenvalue weighted by Crippen LogP contribution is 2.47. The predicted molar refractivity (Wildman–Crippen MR) is 324 cm³/mol. The average molecular weight is 1010 g/mol. The fourth-order valence-electron chi connectivity index (χ4n) is 9.95. The molecule has 0 radical (unpaired) electrons. The van der Waals surface area contributed by atoms with Crippen LogP contribution < -0.4 is 29.2 Å². The topological polar surface area (TPSA) is 38.3 Å². The van der Waals surface area contributed by atoms with Gasteiger partial charge in [0.2, 0.25) is 5.88 Å². The lowest BCUT2D eigenvalue weighted by molar-refractivity contribution is 0.464. The molecule has 1 heterocycles. The Morgan fingerprint density at radius 3 is 0.667 bits per heavy atom. The van der Waals surface area contributed by atoms with E-state index in [2.05, 4.69) is 304 Å². The van der Waals surface area contributed by atoms with Crippen molar-refractivity contribution in [1.29, 1.82) is 0 Å². The van der Waals surface area contributed by atoms with Crippen LogP contribution in [0.2, 0.25) is 0 Å². The van der Waals surface area contributed by atoms with Crippen LogP contribution >= 0.6 is 0 Å². The number of para-hydroxylation sites is 9. The number of benzene rings is 11. The van der Waals surface area contributed by atoms with Crippen molar-refractivity contribution < 1.29 is 4.74 Å². The van der Waals surface area contributed by atoms with Crippen molar-refractivity contribution in [3.8, 4) is 11.6 Å². The van der Waals surface area contributed by atoms with Crippen LogP contribution in [0.3, 0.4) is 0 Å². The SMILES string of the molecule is c1ccc(N(c2ccccc2)c2cc(Oc3cccc(N(c4ccccc4)c4cc(N(c5ccccc5)c5ccccc5)cc(N(c5ccccc5)c5ccccc5)c4)n3)cc(N(c3ccccc3)c3ccccc3)c2)cc1. The van der Waals surface area contributed by atoms with E-state index in [0.717, 1.165) is 79.6 Å². The maximum atomic E-state index is 7.11. The molecule has 1 aromatic heterocycles. The van der Waals surface area contributed by atoms with E-state index in [-0.39, 0.29) is 0 Å². The van der Waals surface area contributed by atoms with E-state index >= 15 is 0 Å². The van der Waals surface area contributed by atoms with Gasteiger partial charge in [0, 0.05) is 69.4 Å². The van der Waals surface area contributed by atoms with Crippen LogP contribution in [0.25, 0.3) is 0 Å². The second kappa shape index (κ2) is 22.9. The Hall–Kier alpha value is -10.6. The lowest BCUT2D eigenvalue weighted by Gasteiger charge is -2.32. The van der Waals surface area contributed by atoms with Crippen LogP contribution in [-0.4, -0.2) is 4.98 Å². The largest absolute Gasteiger partial charge is 0.439 e. The molecule has 0 saturated carbocycles. The molecule has 0 aliphatic rings. The third-order valence-electron chi connectivity index (χ3n) is 13.3. The summed E-state index contributed by atoms with van der Waals surface area (Å²) in [6, 6.07) is 114. The van der Waals surface area contributed by atoms with Gasteiger partial charge in [-0.2, -0.15) is 4.98 Å². The van der Waals surface area contributed by atoms with Gasteiger partial charge in [-0.15, -0.1) is 0 Å². The van der Waals surface area contributed by atoms with Crippen LogP contribution in [0.5, 0.6) is 11.6 Å². The van der Waals surface area contributed by atoms with Gasteiger partial charge >= 0.3 is 0 Å². The lowest BCUT2D eigenvalue weighted by Crippen LogP contribution is -2.17. The van der Waals surface area contributed by atoms with Crippen molar-refractivity contribution >= 4 is 85.4 Å². The maximum absolute atomic E-state index is 7.11. The van der Waals surface area contributed by atoms with Crippen molar-refractivity contribution in [1.82, 2.24) is 4.98 Å². The fraction of sp³-hybridized carbons (Fsp3) is 0. The molecule has 11 aromatic carbocycles. The third-order valence-corrected chi connectivity index (χ3v) is 13.3. The Morgan fingerprint density at radius 1 is 0.192 bits per heavy atom. The minimum Gasteiger partial charge on any atom is -0.439 e. The highest BCUT2D eigenvalue weighted by atomic mass is 16.5. The summed E-state index contributed by atoms with van der Waals surface area (Å²) in [5.74, 6) is 1.70. The van der Waals surface area contributed by atoms with Gasteiger partial charge in [-0.25, -0.2) is 0 Å². The molecular weight excluding hydrogens is 953 g/mol. The first-order chi connectivity index (χ1) is 38.7. The Morgan fingerprint density at radius 2 is 0.410 bits per heavy atom. The van der Waals surface area contributed by atoms with E-state index in [1.165, 1.54) is 0 Å². The zero-order chi connectivity index (χ0) is 52.3. The summed E-state index contributed by atoms with van der Waals surface area (Å²) in [5, 5.41) is 0. The van der Waals surface area contributed by atoms with Crippen LogP contribution in [0, 0.1) is 0 Å². The van der Waals surface area contributed by atoms with E-state index in [0.29, 0.717) is 17.4 Å². The first kappa shape index (κ1) is 48.3. The Labute approximate surface area is 456 Å². The molecular formula is C71H54N6O. The summed E-state index contributed by atoms with van der Waals surface area (Å²) in [7, 11) is 0. The molecule has 0 atom stereocenters. The number of pyridine rings is 1. The molecule has 0 fully saturated rings. The van der Waals surface area contributed by atoms with Gasteiger partial charge in [0.25, 0.3) is 0 Å². The van der Waals surface area contributed by atoms with Crippen LogP contribution in [0.4, 0.5) is 85.4 Å². The lowest BCUT2D eigenvalue weighted by atomic mass is 10.1. The monoisotopic (exact) mass is 1010 g/mol. The first-order valence-electron chi connectivity index (χ1n) is 26.1. The van der Waals surface area contributed by atoms with Gasteiger partial charge in [0.05, 0.1) is 28.4 Å². The quantitative estimate of drug-likeness (QED) is 0.0900. The molecule has 0 aliphatic carbocycles.